The van der Waals surface area contributed by atoms with Crippen LogP contribution in [0.4, 0.5) is 0 Å². The molecule has 0 aliphatic heterocycles. The van der Waals surface area contributed by atoms with Gasteiger partial charge in [-0.15, -0.1) is 0 Å². The van der Waals surface area contributed by atoms with Gasteiger partial charge in [-0.3, -0.25) is 0 Å². The summed E-state index contributed by atoms with van der Waals surface area (Å²) in [5.74, 6) is 0.809. The first kappa shape index (κ1) is 11.8. The van der Waals surface area contributed by atoms with Gasteiger partial charge in [-0.05, 0) is 51.5 Å². The monoisotopic (exact) mass is 195 g/mol. The Morgan fingerprint density at radius 1 is 1.36 bits per heavy atom. The molecule has 0 saturated carbocycles. The summed E-state index contributed by atoms with van der Waals surface area (Å²) >= 11 is 0. The molecule has 0 bridgehead atoms. The third-order valence-electron chi connectivity index (χ3n) is 2.90. The van der Waals surface area contributed by atoms with Crippen LogP contribution in [0.3, 0.4) is 0 Å². The second kappa shape index (κ2) is 6.23. The van der Waals surface area contributed by atoms with Crippen LogP contribution >= 0.6 is 0 Å². The lowest BCUT2D eigenvalue weighted by Crippen LogP contribution is -2.28. The molecule has 0 fully saturated rings. The van der Waals surface area contributed by atoms with Gasteiger partial charge >= 0.3 is 0 Å². The van der Waals surface area contributed by atoms with Crippen LogP contribution in [0.2, 0.25) is 0 Å². The zero-order chi connectivity index (χ0) is 10.4. The van der Waals surface area contributed by atoms with Crippen molar-refractivity contribution >= 4 is 0 Å². The maximum atomic E-state index is 3.60. The maximum Gasteiger partial charge on any atom is 0.00412 e. The topological polar surface area (TPSA) is 12.0 Å². The second-order valence-electron chi connectivity index (χ2n) is 4.99. The van der Waals surface area contributed by atoms with Crippen molar-refractivity contribution in [2.45, 2.75) is 58.9 Å². The fourth-order valence-electron chi connectivity index (χ4n) is 2.23. The summed E-state index contributed by atoms with van der Waals surface area (Å²) in [5, 5.41) is 3.60. The minimum atomic E-state index is 0.678. The van der Waals surface area contributed by atoms with E-state index in [1.54, 1.807) is 5.57 Å². The normalized spacial score (nSPS) is 18.7. The van der Waals surface area contributed by atoms with Crippen molar-refractivity contribution in [1.82, 2.24) is 5.32 Å². The SMILES string of the molecule is CC(C)CC(C)NCCC1=CCCC1. The van der Waals surface area contributed by atoms with Gasteiger partial charge in [0.1, 0.15) is 0 Å². The first-order chi connectivity index (χ1) is 6.68. The van der Waals surface area contributed by atoms with E-state index in [0.717, 1.165) is 5.92 Å². The molecule has 1 N–H and O–H groups in total. The second-order valence-corrected chi connectivity index (χ2v) is 4.99. The molecule has 1 nitrogen and oxygen atoms in total. The highest BCUT2D eigenvalue weighted by Gasteiger charge is 2.06. The minimum Gasteiger partial charge on any atom is -0.314 e. The molecule has 1 atom stereocenters. The van der Waals surface area contributed by atoms with Gasteiger partial charge in [0.25, 0.3) is 0 Å². The lowest BCUT2D eigenvalue weighted by molar-refractivity contribution is 0.444. The summed E-state index contributed by atoms with van der Waals surface area (Å²) in [5.41, 5.74) is 1.68. The Balaban J connectivity index is 2.02. The lowest BCUT2D eigenvalue weighted by atomic mass is 10.0. The highest BCUT2D eigenvalue weighted by Crippen LogP contribution is 2.19. The molecule has 1 heteroatoms. The highest BCUT2D eigenvalue weighted by atomic mass is 14.9. The molecular weight excluding hydrogens is 170 g/mol. The Hall–Kier alpha value is -0.300. The van der Waals surface area contributed by atoms with Crippen molar-refractivity contribution in [1.29, 1.82) is 0 Å². The van der Waals surface area contributed by atoms with E-state index in [9.17, 15) is 0 Å². The van der Waals surface area contributed by atoms with Crippen LogP contribution in [-0.2, 0) is 0 Å². The van der Waals surface area contributed by atoms with Crippen LogP contribution in [0.25, 0.3) is 0 Å². The smallest absolute Gasteiger partial charge is 0.00412 e. The van der Waals surface area contributed by atoms with E-state index >= 15 is 0 Å². The number of rotatable bonds is 6. The fraction of sp³-hybridized carbons (Fsp3) is 0.846. The highest BCUT2D eigenvalue weighted by molar-refractivity contribution is 5.07. The Morgan fingerprint density at radius 3 is 2.71 bits per heavy atom. The average Bonchev–Trinajstić information content (AvgIpc) is 2.55. The van der Waals surface area contributed by atoms with Crippen molar-refractivity contribution in [3.63, 3.8) is 0 Å². The number of hydrogen-bond donors (Lipinski definition) is 1. The maximum absolute atomic E-state index is 3.60. The summed E-state index contributed by atoms with van der Waals surface area (Å²) in [6, 6.07) is 0.678. The van der Waals surface area contributed by atoms with E-state index in [1.165, 1.54) is 38.6 Å². The van der Waals surface area contributed by atoms with Crippen molar-refractivity contribution in [2.75, 3.05) is 6.54 Å². The largest absolute Gasteiger partial charge is 0.314 e. The van der Waals surface area contributed by atoms with Gasteiger partial charge in [0, 0.05) is 6.04 Å². The van der Waals surface area contributed by atoms with Crippen molar-refractivity contribution in [3.05, 3.63) is 11.6 Å². The molecule has 82 valence electrons. The summed E-state index contributed by atoms with van der Waals surface area (Å²) in [4.78, 5) is 0. The van der Waals surface area contributed by atoms with Crippen LogP contribution in [-0.4, -0.2) is 12.6 Å². The molecule has 14 heavy (non-hydrogen) atoms. The van der Waals surface area contributed by atoms with E-state index in [1.807, 2.05) is 0 Å². The van der Waals surface area contributed by atoms with Crippen LogP contribution in [0.15, 0.2) is 11.6 Å². The summed E-state index contributed by atoms with van der Waals surface area (Å²) in [7, 11) is 0. The molecule has 0 aromatic rings. The van der Waals surface area contributed by atoms with Crippen molar-refractivity contribution in [2.24, 2.45) is 5.92 Å². The van der Waals surface area contributed by atoms with Crippen LogP contribution < -0.4 is 5.32 Å². The third kappa shape index (κ3) is 4.80. The van der Waals surface area contributed by atoms with Gasteiger partial charge in [-0.25, -0.2) is 0 Å². The van der Waals surface area contributed by atoms with E-state index in [2.05, 4.69) is 32.2 Å². The van der Waals surface area contributed by atoms with Crippen molar-refractivity contribution < 1.29 is 0 Å². The van der Waals surface area contributed by atoms with E-state index in [-0.39, 0.29) is 0 Å². The fourth-order valence-corrected chi connectivity index (χ4v) is 2.23. The molecule has 1 rings (SSSR count). The Morgan fingerprint density at radius 2 is 2.14 bits per heavy atom. The number of nitrogens with one attached hydrogen (secondary N) is 1. The average molecular weight is 195 g/mol. The standard InChI is InChI=1S/C13H25N/c1-11(2)10-12(3)14-9-8-13-6-4-5-7-13/h6,11-12,14H,4-5,7-10H2,1-3H3. The van der Waals surface area contributed by atoms with Gasteiger partial charge in [-0.2, -0.15) is 0 Å². The zero-order valence-electron chi connectivity index (χ0n) is 9.97. The Kier molecular flexibility index (Phi) is 5.24. The molecule has 1 unspecified atom stereocenters. The summed E-state index contributed by atoms with van der Waals surface area (Å²) in [6.07, 6.45) is 9.03. The first-order valence-electron chi connectivity index (χ1n) is 6.09. The number of allylic oxidation sites excluding steroid dienone is 1. The van der Waals surface area contributed by atoms with E-state index < -0.39 is 0 Å². The van der Waals surface area contributed by atoms with Crippen LogP contribution in [0, 0.1) is 5.92 Å². The quantitative estimate of drug-likeness (QED) is 0.640. The molecular formula is C13H25N. The van der Waals surface area contributed by atoms with E-state index in [4.69, 9.17) is 0 Å². The Labute approximate surface area is 89.0 Å². The summed E-state index contributed by atoms with van der Waals surface area (Å²) in [6.45, 7) is 8.04. The molecule has 0 spiro atoms. The van der Waals surface area contributed by atoms with Gasteiger partial charge < -0.3 is 5.32 Å². The molecule has 0 heterocycles. The Bertz CT molecular complexity index is 182. The zero-order valence-corrected chi connectivity index (χ0v) is 9.97. The molecule has 1 aliphatic rings. The molecule has 0 amide bonds. The summed E-state index contributed by atoms with van der Waals surface area (Å²) < 4.78 is 0. The van der Waals surface area contributed by atoms with Gasteiger partial charge in [0.2, 0.25) is 0 Å². The van der Waals surface area contributed by atoms with Gasteiger partial charge in [-0.1, -0.05) is 25.5 Å². The van der Waals surface area contributed by atoms with Crippen LogP contribution in [0.1, 0.15) is 52.9 Å². The van der Waals surface area contributed by atoms with Gasteiger partial charge in [0.15, 0.2) is 0 Å². The van der Waals surface area contributed by atoms with E-state index in [0.29, 0.717) is 6.04 Å². The van der Waals surface area contributed by atoms with Crippen molar-refractivity contribution in [3.8, 4) is 0 Å². The minimum absolute atomic E-state index is 0.678. The molecule has 0 saturated heterocycles. The lowest BCUT2D eigenvalue weighted by Gasteiger charge is -2.15. The predicted molar refractivity (Wildman–Crippen MR) is 63.5 cm³/mol. The first-order valence-corrected chi connectivity index (χ1v) is 6.09. The molecule has 0 radical (unpaired) electrons. The van der Waals surface area contributed by atoms with Crippen LogP contribution in [0.5, 0.6) is 0 Å². The van der Waals surface area contributed by atoms with Gasteiger partial charge in [0.05, 0.1) is 0 Å². The third-order valence-corrected chi connectivity index (χ3v) is 2.90. The molecule has 0 aromatic carbocycles. The molecule has 1 aliphatic carbocycles. The number of hydrogen-bond acceptors (Lipinski definition) is 1. The molecule has 0 aromatic heterocycles. The predicted octanol–water partition coefficient (Wildman–Crippen LogP) is 3.51.